The number of thioether (sulfide) groups is 1. The molecule has 0 aromatic heterocycles. The number of benzene rings is 2. The highest BCUT2D eigenvalue weighted by Gasteiger charge is 2.59. The molecule has 1 spiro atoms. The molecule has 0 aliphatic carbocycles. The molecule has 2 aromatic rings. The summed E-state index contributed by atoms with van der Waals surface area (Å²) in [7, 11) is 0. The zero-order valence-corrected chi connectivity index (χ0v) is 17.6. The number of hydrogen-bond donors (Lipinski definition) is 0. The molecule has 2 aliphatic heterocycles. The van der Waals surface area contributed by atoms with Crippen molar-refractivity contribution in [1.29, 1.82) is 5.26 Å². The first-order chi connectivity index (χ1) is 13.9. The fourth-order valence-electron chi connectivity index (χ4n) is 4.14. The van der Waals surface area contributed by atoms with Gasteiger partial charge in [0.05, 0.1) is 23.9 Å². The Balaban J connectivity index is 1.81. The lowest BCUT2D eigenvalue weighted by Crippen LogP contribution is -2.51. The van der Waals surface area contributed by atoms with Crippen LogP contribution in [0.3, 0.4) is 0 Å². The molecular formula is C23H23N3O2S. The SMILES string of the molecule is Cc1ccc2c(c1)C1(SCCN1C(=O)C(C)C)C(=O)N2Cc1cccc(C#N)c1. The van der Waals surface area contributed by atoms with Gasteiger partial charge in [-0.1, -0.05) is 43.7 Å². The third-order valence-electron chi connectivity index (χ3n) is 5.51. The minimum atomic E-state index is -0.991. The van der Waals surface area contributed by atoms with Gasteiger partial charge in [-0.15, -0.1) is 11.8 Å². The van der Waals surface area contributed by atoms with Gasteiger partial charge in [0.2, 0.25) is 5.91 Å². The summed E-state index contributed by atoms with van der Waals surface area (Å²) in [5.41, 5.74) is 4.27. The van der Waals surface area contributed by atoms with Crippen molar-refractivity contribution in [3.63, 3.8) is 0 Å². The number of amides is 2. The van der Waals surface area contributed by atoms with Crippen molar-refractivity contribution in [2.45, 2.75) is 32.2 Å². The van der Waals surface area contributed by atoms with E-state index in [0.717, 1.165) is 28.1 Å². The summed E-state index contributed by atoms with van der Waals surface area (Å²) in [4.78, 5) is 29.4. The van der Waals surface area contributed by atoms with Crippen LogP contribution in [-0.2, 0) is 21.0 Å². The van der Waals surface area contributed by atoms with Gasteiger partial charge in [-0.25, -0.2) is 0 Å². The minimum Gasteiger partial charge on any atom is -0.315 e. The number of aryl methyl sites for hydroxylation is 1. The number of fused-ring (bicyclic) bond motifs is 2. The molecular weight excluding hydrogens is 382 g/mol. The first kappa shape index (κ1) is 19.5. The van der Waals surface area contributed by atoms with E-state index in [-0.39, 0.29) is 17.7 Å². The lowest BCUT2D eigenvalue weighted by molar-refractivity contribution is -0.142. The van der Waals surface area contributed by atoms with Gasteiger partial charge in [0.15, 0.2) is 4.87 Å². The minimum absolute atomic E-state index is 0.00383. The molecule has 2 heterocycles. The number of carbonyl (C=O) groups excluding carboxylic acids is 2. The smallest absolute Gasteiger partial charge is 0.268 e. The van der Waals surface area contributed by atoms with E-state index in [1.54, 1.807) is 27.6 Å². The third-order valence-corrected chi connectivity index (χ3v) is 6.93. The molecule has 1 unspecified atom stereocenters. The van der Waals surface area contributed by atoms with E-state index in [4.69, 9.17) is 0 Å². The summed E-state index contributed by atoms with van der Waals surface area (Å²) in [5.74, 6) is 0.490. The van der Waals surface area contributed by atoms with Gasteiger partial charge in [-0.05, 0) is 30.7 Å². The van der Waals surface area contributed by atoms with E-state index < -0.39 is 4.87 Å². The Kier molecular flexibility index (Phi) is 4.87. The predicted molar refractivity (Wildman–Crippen MR) is 114 cm³/mol. The summed E-state index contributed by atoms with van der Waals surface area (Å²) in [6.07, 6.45) is 0. The van der Waals surface area contributed by atoms with Gasteiger partial charge < -0.3 is 9.80 Å². The van der Waals surface area contributed by atoms with E-state index in [1.165, 1.54) is 0 Å². The number of rotatable bonds is 3. The summed E-state index contributed by atoms with van der Waals surface area (Å²) in [5, 5.41) is 9.20. The van der Waals surface area contributed by atoms with Crippen LogP contribution in [0.5, 0.6) is 0 Å². The number of nitriles is 1. The van der Waals surface area contributed by atoms with Gasteiger partial charge in [-0.3, -0.25) is 9.59 Å². The van der Waals surface area contributed by atoms with E-state index in [2.05, 4.69) is 6.07 Å². The number of nitrogens with zero attached hydrogens (tertiary/aromatic N) is 3. The maximum absolute atomic E-state index is 13.8. The summed E-state index contributed by atoms with van der Waals surface area (Å²) < 4.78 is 0. The molecule has 0 N–H and O–H groups in total. The monoisotopic (exact) mass is 405 g/mol. The molecule has 1 atom stereocenters. The van der Waals surface area contributed by atoms with E-state index in [1.807, 2.05) is 57.2 Å². The Hall–Kier alpha value is -2.78. The molecule has 0 bridgehead atoms. The molecule has 4 rings (SSSR count). The first-order valence-electron chi connectivity index (χ1n) is 9.76. The summed E-state index contributed by atoms with van der Waals surface area (Å²) >= 11 is 1.55. The summed E-state index contributed by atoms with van der Waals surface area (Å²) in [6.45, 7) is 6.70. The molecule has 1 fully saturated rings. The average Bonchev–Trinajstić information content (AvgIpc) is 3.25. The van der Waals surface area contributed by atoms with Crippen LogP contribution in [0.1, 0.15) is 36.1 Å². The van der Waals surface area contributed by atoms with Crippen LogP contribution in [0.2, 0.25) is 0 Å². The fraction of sp³-hybridized carbons (Fsp3) is 0.348. The highest BCUT2D eigenvalue weighted by molar-refractivity contribution is 8.01. The zero-order chi connectivity index (χ0) is 20.8. The largest absolute Gasteiger partial charge is 0.315 e. The summed E-state index contributed by atoms with van der Waals surface area (Å²) in [6, 6.07) is 15.5. The lowest BCUT2D eigenvalue weighted by Gasteiger charge is -2.34. The lowest BCUT2D eigenvalue weighted by atomic mass is 10.0. The van der Waals surface area contributed by atoms with Crippen molar-refractivity contribution in [2.75, 3.05) is 17.2 Å². The van der Waals surface area contributed by atoms with Crippen LogP contribution in [0, 0.1) is 24.2 Å². The quantitative estimate of drug-likeness (QED) is 0.779. The normalized spacial score (nSPS) is 20.4. The van der Waals surface area contributed by atoms with E-state index in [0.29, 0.717) is 18.7 Å². The van der Waals surface area contributed by atoms with Crippen molar-refractivity contribution in [3.05, 3.63) is 64.7 Å². The zero-order valence-electron chi connectivity index (χ0n) is 16.8. The maximum atomic E-state index is 13.8. The van der Waals surface area contributed by atoms with Crippen LogP contribution in [-0.4, -0.2) is 29.0 Å². The van der Waals surface area contributed by atoms with Gasteiger partial charge in [-0.2, -0.15) is 5.26 Å². The first-order valence-corrected chi connectivity index (χ1v) is 10.7. The standard InChI is InChI=1S/C23H23N3O2S/c1-15(2)21(27)26-9-10-29-23(26)19-11-16(3)7-8-20(19)25(22(23)28)14-18-6-4-5-17(12-18)13-24/h4-8,11-12,15H,9-10,14H2,1-3H3. The van der Waals surface area contributed by atoms with Crippen molar-refractivity contribution < 1.29 is 9.59 Å². The highest BCUT2D eigenvalue weighted by atomic mass is 32.2. The van der Waals surface area contributed by atoms with Gasteiger partial charge in [0.25, 0.3) is 5.91 Å². The Bertz CT molecular complexity index is 1040. The number of hydrogen-bond acceptors (Lipinski definition) is 4. The molecule has 0 saturated carbocycles. The van der Waals surface area contributed by atoms with Crippen LogP contribution in [0.4, 0.5) is 5.69 Å². The van der Waals surface area contributed by atoms with Gasteiger partial charge in [0, 0.05) is 23.8 Å². The van der Waals surface area contributed by atoms with Crippen LogP contribution in [0.25, 0.3) is 0 Å². The second-order valence-electron chi connectivity index (χ2n) is 7.86. The van der Waals surface area contributed by atoms with E-state index in [9.17, 15) is 14.9 Å². The molecule has 1 saturated heterocycles. The highest BCUT2D eigenvalue weighted by Crippen LogP contribution is 2.54. The molecule has 5 nitrogen and oxygen atoms in total. The molecule has 2 amide bonds. The second-order valence-corrected chi connectivity index (χ2v) is 9.15. The Morgan fingerprint density at radius 3 is 2.79 bits per heavy atom. The maximum Gasteiger partial charge on any atom is 0.268 e. The molecule has 2 aromatic carbocycles. The predicted octanol–water partition coefficient (Wildman–Crippen LogP) is 3.80. The van der Waals surface area contributed by atoms with Crippen molar-refractivity contribution in [3.8, 4) is 6.07 Å². The van der Waals surface area contributed by atoms with Crippen LogP contribution < -0.4 is 4.90 Å². The average molecular weight is 406 g/mol. The number of anilines is 1. The molecule has 148 valence electrons. The van der Waals surface area contributed by atoms with Crippen LogP contribution >= 0.6 is 11.8 Å². The Morgan fingerprint density at radius 1 is 1.28 bits per heavy atom. The molecule has 6 heteroatoms. The molecule has 2 aliphatic rings. The molecule has 0 radical (unpaired) electrons. The van der Waals surface area contributed by atoms with Crippen molar-refractivity contribution >= 4 is 29.3 Å². The van der Waals surface area contributed by atoms with Crippen molar-refractivity contribution in [1.82, 2.24) is 4.90 Å². The Labute approximate surface area is 175 Å². The fourth-order valence-corrected chi connectivity index (χ4v) is 5.60. The Morgan fingerprint density at radius 2 is 2.07 bits per heavy atom. The second kappa shape index (κ2) is 7.23. The topological polar surface area (TPSA) is 64.4 Å². The van der Waals surface area contributed by atoms with Gasteiger partial charge >= 0.3 is 0 Å². The molecule has 29 heavy (non-hydrogen) atoms. The van der Waals surface area contributed by atoms with Crippen LogP contribution in [0.15, 0.2) is 42.5 Å². The van der Waals surface area contributed by atoms with Crippen molar-refractivity contribution in [2.24, 2.45) is 5.92 Å². The van der Waals surface area contributed by atoms with E-state index >= 15 is 0 Å². The van der Waals surface area contributed by atoms with Gasteiger partial charge in [0.1, 0.15) is 0 Å². The number of carbonyl (C=O) groups is 2. The third kappa shape index (κ3) is 3.01.